The van der Waals surface area contributed by atoms with Crippen LogP contribution in [0.15, 0.2) is 29.1 Å². The smallest absolute Gasteiger partial charge is 0.125 e. The fourth-order valence-electron chi connectivity index (χ4n) is 1.24. The van der Waals surface area contributed by atoms with E-state index in [4.69, 9.17) is 5.73 Å². The molecule has 0 aliphatic carbocycles. The van der Waals surface area contributed by atoms with E-state index in [0.717, 1.165) is 21.6 Å². The first-order valence-corrected chi connectivity index (χ1v) is 6.18. The average Bonchev–Trinajstić information content (AvgIpc) is 2.63. The first-order chi connectivity index (χ1) is 7.31. The number of nitrogens with zero attached hydrogens (tertiary/aromatic N) is 2. The highest BCUT2D eigenvalue weighted by Gasteiger charge is 2.09. The number of pyridine rings is 1. The Bertz CT molecular complexity index is 441. The molecule has 5 heteroatoms. The zero-order chi connectivity index (χ0) is 10.7. The van der Waals surface area contributed by atoms with Crippen molar-refractivity contribution in [2.24, 2.45) is 5.73 Å². The third kappa shape index (κ3) is 2.42. The molecule has 0 radical (unpaired) electrons. The maximum Gasteiger partial charge on any atom is 0.125 e. The molecule has 2 rings (SSSR count). The summed E-state index contributed by atoms with van der Waals surface area (Å²) in [5, 5.41) is 1.01. The molecule has 2 aromatic heterocycles. The molecule has 0 aliphatic rings. The molecule has 0 bridgehead atoms. The van der Waals surface area contributed by atoms with Crippen molar-refractivity contribution in [2.75, 3.05) is 6.54 Å². The van der Waals surface area contributed by atoms with Crippen molar-refractivity contribution in [1.29, 1.82) is 0 Å². The van der Waals surface area contributed by atoms with Crippen molar-refractivity contribution in [3.63, 3.8) is 0 Å². The summed E-state index contributed by atoms with van der Waals surface area (Å²) in [4.78, 5) is 9.63. The molecule has 2 heterocycles. The van der Waals surface area contributed by atoms with Crippen LogP contribution in [0.25, 0.3) is 10.6 Å². The zero-order valence-electron chi connectivity index (χ0n) is 7.98. The molecule has 2 aromatic rings. The van der Waals surface area contributed by atoms with Crippen LogP contribution >= 0.6 is 27.3 Å². The lowest BCUT2D eigenvalue weighted by Gasteiger charge is -1.92. The Balaban J connectivity index is 2.34. The standard InChI is InChI=1S/C10H10BrN3S/c11-9-8(1-4-12)15-10(14-9)7-2-5-13-6-3-7/h2-3,5-6H,1,4,12H2. The van der Waals surface area contributed by atoms with Gasteiger partial charge in [-0.05, 0) is 41.0 Å². The number of hydrogen-bond donors (Lipinski definition) is 1. The van der Waals surface area contributed by atoms with Crippen LogP contribution in [0.2, 0.25) is 0 Å². The minimum absolute atomic E-state index is 0.649. The highest BCUT2D eigenvalue weighted by molar-refractivity contribution is 9.10. The van der Waals surface area contributed by atoms with Gasteiger partial charge >= 0.3 is 0 Å². The van der Waals surface area contributed by atoms with Gasteiger partial charge in [0.05, 0.1) is 0 Å². The molecule has 0 amide bonds. The molecule has 0 atom stereocenters. The lowest BCUT2D eigenvalue weighted by atomic mass is 10.3. The Hall–Kier alpha value is -0.780. The van der Waals surface area contributed by atoms with Gasteiger partial charge < -0.3 is 5.73 Å². The number of nitrogens with two attached hydrogens (primary N) is 1. The highest BCUT2D eigenvalue weighted by atomic mass is 79.9. The predicted molar refractivity (Wildman–Crippen MR) is 65.8 cm³/mol. The van der Waals surface area contributed by atoms with Crippen LogP contribution < -0.4 is 5.73 Å². The fourth-order valence-corrected chi connectivity index (χ4v) is 2.95. The fraction of sp³-hybridized carbons (Fsp3) is 0.200. The van der Waals surface area contributed by atoms with Crippen molar-refractivity contribution in [3.05, 3.63) is 34.0 Å². The minimum Gasteiger partial charge on any atom is -0.330 e. The number of aromatic nitrogens is 2. The van der Waals surface area contributed by atoms with Crippen LogP contribution in [0, 0.1) is 0 Å². The van der Waals surface area contributed by atoms with Gasteiger partial charge in [0.15, 0.2) is 0 Å². The summed E-state index contributed by atoms with van der Waals surface area (Å²) in [5.74, 6) is 0. The Morgan fingerprint density at radius 3 is 2.73 bits per heavy atom. The largest absolute Gasteiger partial charge is 0.330 e. The molecule has 0 spiro atoms. The normalized spacial score (nSPS) is 10.5. The van der Waals surface area contributed by atoms with Gasteiger partial charge in [-0.1, -0.05) is 0 Å². The van der Waals surface area contributed by atoms with E-state index in [1.807, 2.05) is 12.1 Å². The molecule has 0 aliphatic heterocycles. The molecule has 0 aromatic carbocycles. The molecule has 0 saturated carbocycles. The van der Waals surface area contributed by atoms with Gasteiger partial charge in [0, 0.05) is 22.8 Å². The van der Waals surface area contributed by atoms with Crippen LogP contribution in [0.3, 0.4) is 0 Å². The van der Waals surface area contributed by atoms with Gasteiger partial charge in [-0.15, -0.1) is 11.3 Å². The molecular formula is C10H10BrN3S. The quantitative estimate of drug-likeness (QED) is 0.942. The van der Waals surface area contributed by atoms with E-state index in [9.17, 15) is 0 Å². The molecule has 78 valence electrons. The second-order valence-electron chi connectivity index (χ2n) is 3.01. The van der Waals surface area contributed by atoms with E-state index in [2.05, 4.69) is 25.9 Å². The Labute approximate surface area is 101 Å². The zero-order valence-corrected chi connectivity index (χ0v) is 10.4. The van der Waals surface area contributed by atoms with Gasteiger partial charge in [-0.25, -0.2) is 4.98 Å². The van der Waals surface area contributed by atoms with E-state index < -0.39 is 0 Å². The van der Waals surface area contributed by atoms with Crippen molar-refractivity contribution < 1.29 is 0 Å². The maximum atomic E-state index is 5.53. The van der Waals surface area contributed by atoms with Gasteiger partial charge in [-0.3, -0.25) is 4.98 Å². The van der Waals surface area contributed by atoms with Gasteiger partial charge in [-0.2, -0.15) is 0 Å². The number of rotatable bonds is 3. The summed E-state index contributed by atoms with van der Waals surface area (Å²) in [6.07, 6.45) is 4.41. The summed E-state index contributed by atoms with van der Waals surface area (Å²) in [5.41, 5.74) is 6.62. The van der Waals surface area contributed by atoms with Crippen LogP contribution in [-0.2, 0) is 6.42 Å². The number of thiazole rings is 1. The number of hydrogen-bond acceptors (Lipinski definition) is 4. The summed E-state index contributed by atoms with van der Waals surface area (Å²) in [6.45, 7) is 0.649. The minimum atomic E-state index is 0.649. The molecule has 3 nitrogen and oxygen atoms in total. The van der Waals surface area contributed by atoms with E-state index >= 15 is 0 Å². The third-order valence-electron chi connectivity index (χ3n) is 1.95. The first-order valence-electron chi connectivity index (χ1n) is 4.57. The second kappa shape index (κ2) is 4.83. The summed E-state index contributed by atoms with van der Waals surface area (Å²) in [7, 11) is 0. The predicted octanol–water partition coefficient (Wildman–Crippen LogP) is 2.47. The first kappa shape index (κ1) is 10.7. The molecule has 0 fully saturated rings. The van der Waals surface area contributed by atoms with Crippen molar-refractivity contribution in [1.82, 2.24) is 9.97 Å². The second-order valence-corrected chi connectivity index (χ2v) is 4.84. The van der Waals surface area contributed by atoms with Crippen LogP contribution in [-0.4, -0.2) is 16.5 Å². The summed E-state index contributed by atoms with van der Waals surface area (Å²) < 4.78 is 0.907. The monoisotopic (exact) mass is 283 g/mol. The van der Waals surface area contributed by atoms with Crippen LogP contribution in [0.5, 0.6) is 0 Å². The number of halogens is 1. The molecular weight excluding hydrogens is 274 g/mol. The molecule has 15 heavy (non-hydrogen) atoms. The summed E-state index contributed by atoms with van der Waals surface area (Å²) >= 11 is 5.11. The van der Waals surface area contributed by atoms with Gasteiger partial charge in [0.2, 0.25) is 0 Å². The SMILES string of the molecule is NCCc1sc(-c2ccncc2)nc1Br. The van der Waals surface area contributed by atoms with E-state index in [0.29, 0.717) is 6.54 Å². The van der Waals surface area contributed by atoms with Crippen molar-refractivity contribution in [2.45, 2.75) is 6.42 Å². The lowest BCUT2D eigenvalue weighted by molar-refractivity contribution is 0.977. The van der Waals surface area contributed by atoms with E-state index in [-0.39, 0.29) is 0 Å². The Morgan fingerprint density at radius 1 is 1.33 bits per heavy atom. The summed E-state index contributed by atoms with van der Waals surface area (Å²) in [6, 6.07) is 3.91. The molecule has 0 unspecified atom stereocenters. The average molecular weight is 284 g/mol. The topological polar surface area (TPSA) is 51.8 Å². The van der Waals surface area contributed by atoms with Crippen molar-refractivity contribution >= 4 is 27.3 Å². The van der Waals surface area contributed by atoms with Gasteiger partial charge in [0.1, 0.15) is 9.61 Å². The Morgan fingerprint density at radius 2 is 2.07 bits per heavy atom. The molecule has 0 saturated heterocycles. The highest BCUT2D eigenvalue weighted by Crippen LogP contribution is 2.30. The third-order valence-corrected chi connectivity index (χ3v) is 4.03. The van der Waals surface area contributed by atoms with Gasteiger partial charge in [0.25, 0.3) is 0 Å². The van der Waals surface area contributed by atoms with E-state index in [1.165, 1.54) is 4.88 Å². The maximum absolute atomic E-state index is 5.53. The van der Waals surface area contributed by atoms with Crippen LogP contribution in [0.1, 0.15) is 4.88 Å². The lowest BCUT2D eigenvalue weighted by Crippen LogP contribution is -2.01. The Kier molecular flexibility index (Phi) is 3.45. The van der Waals surface area contributed by atoms with Crippen LogP contribution in [0.4, 0.5) is 0 Å². The van der Waals surface area contributed by atoms with Crippen molar-refractivity contribution in [3.8, 4) is 10.6 Å². The van der Waals surface area contributed by atoms with E-state index in [1.54, 1.807) is 23.7 Å². The molecule has 2 N–H and O–H groups in total.